The van der Waals surface area contributed by atoms with Crippen molar-refractivity contribution in [2.24, 2.45) is 0 Å². The number of aldehydes is 1. The molecule has 0 amide bonds. The topological polar surface area (TPSA) is 69.1 Å². The fraction of sp³-hybridized carbons (Fsp3) is 0. The van der Waals surface area contributed by atoms with Gasteiger partial charge in [0.05, 0.1) is 0 Å². The molecule has 0 aliphatic rings. The zero-order valence-electron chi connectivity index (χ0n) is 25.9. The van der Waals surface area contributed by atoms with Gasteiger partial charge in [-0.05, 0) is 57.9 Å². The Kier molecular flexibility index (Phi) is 7.03. The number of benzene rings is 8. The van der Waals surface area contributed by atoms with E-state index in [0.717, 1.165) is 71.0 Å². The third-order valence-corrected chi connectivity index (χ3v) is 9.46. The zero-order valence-corrected chi connectivity index (χ0v) is 27.5. The molecule has 2 aromatic heterocycles. The van der Waals surface area contributed by atoms with Gasteiger partial charge in [-0.1, -0.05) is 125 Å². The van der Waals surface area contributed by atoms with Crippen molar-refractivity contribution in [1.82, 2.24) is 9.97 Å². The molecular weight excluding hydrogens is 672 g/mol. The van der Waals surface area contributed by atoms with Crippen LogP contribution in [0.5, 0.6) is 0 Å². The summed E-state index contributed by atoms with van der Waals surface area (Å²) in [7, 11) is 0. The Balaban J connectivity index is 0.000000133. The van der Waals surface area contributed by atoms with E-state index in [1.807, 2.05) is 72.8 Å². The summed E-state index contributed by atoms with van der Waals surface area (Å²) in [4.78, 5) is 20.4. The summed E-state index contributed by atoms with van der Waals surface area (Å²) in [6.45, 7) is 0. The Hall–Kier alpha value is -6.11. The van der Waals surface area contributed by atoms with Crippen molar-refractivity contribution in [1.29, 1.82) is 0 Å². The second-order valence-electron chi connectivity index (χ2n) is 11.8. The fourth-order valence-electron chi connectivity index (χ4n) is 6.60. The normalized spacial score (nSPS) is 11.4. The standard InChI is InChI=1S/C22H13NO2.C21H12BrNO/c24-13-14-9-11-15(12-10-14)22-23-20-18-7-3-1-5-16(18)17-6-2-4-8-19(17)21(20)25-22;22-14-11-9-13(10-12-14)21-23-19-17-7-3-1-5-15(17)16-6-2-4-8-18(16)20(19)24-21/h1-13H;1-12H. The number of rotatable bonds is 3. The van der Waals surface area contributed by atoms with E-state index < -0.39 is 0 Å². The third-order valence-electron chi connectivity index (χ3n) is 8.93. The van der Waals surface area contributed by atoms with Gasteiger partial charge in [0.25, 0.3) is 0 Å². The number of oxazole rings is 2. The number of aromatic nitrogens is 2. The molecule has 0 saturated heterocycles. The summed E-state index contributed by atoms with van der Waals surface area (Å²) in [6.07, 6.45) is 0.830. The van der Waals surface area contributed by atoms with Crippen LogP contribution in [-0.2, 0) is 0 Å². The average Bonchev–Trinajstić information content (AvgIpc) is 3.83. The van der Waals surface area contributed by atoms with Gasteiger partial charge in [0.15, 0.2) is 11.2 Å². The Morgan fingerprint density at radius 3 is 1.18 bits per heavy atom. The van der Waals surface area contributed by atoms with Gasteiger partial charge in [0.2, 0.25) is 11.8 Å². The van der Waals surface area contributed by atoms with Gasteiger partial charge >= 0.3 is 0 Å². The first-order chi connectivity index (χ1) is 24.2. The number of carbonyl (C=O) groups excluding carboxylic acids is 1. The van der Waals surface area contributed by atoms with Gasteiger partial charge in [0, 0.05) is 42.7 Å². The Morgan fingerprint density at radius 2 is 0.776 bits per heavy atom. The lowest BCUT2D eigenvalue weighted by molar-refractivity contribution is 0.112. The van der Waals surface area contributed by atoms with Crippen LogP contribution in [-0.4, -0.2) is 16.3 Å². The van der Waals surface area contributed by atoms with E-state index in [0.29, 0.717) is 17.3 Å². The van der Waals surface area contributed by atoms with E-state index >= 15 is 0 Å². The summed E-state index contributed by atoms with van der Waals surface area (Å²) in [6, 6.07) is 48.5. The maximum atomic E-state index is 10.8. The molecule has 2 heterocycles. The van der Waals surface area contributed by atoms with Crippen molar-refractivity contribution in [3.8, 4) is 22.9 Å². The van der Waals surface area contributed by atoms with Gasteiger partial charge in [-0.3, -0.25) is 4.79 Å². The van der Waals surface area contributed by atoms with Gasteiger partial charge in [-0.25, -0.2) is 9.97 Å². The SMILES string of the molecule is Brc1ccc(-c2nc3c4ccccc4c4ccccc4c3o2)cc1.O=Cc1ccc(-c2nc3c4ccccc4c4ccccc4c3o2)cc1. The molecule has 0 radical (unpaired) electrons. The summed E-state index contributed by atoms with van der Waals surface area (Å²) in [5.41, 5.74) is 5.89. The lowest BCUT2D eigenvalue weighted by atomic mass is 10.0. The molecule has 6 heteroatoms. The molecule has 0 bridgehead atoms. The molecule has 0 aliphatic carbocycles. The highest BCUT2D eigenvalue weighted by Crippen LogP contribution is 2.38. The van der Waals surface area contributed by atoms with Crippen molar-refractivity contribution in [3.63, 3.8) is 0 Å². The highest BCUT2D eigenvalue weighted by molar-refractivity contribution is 9.10. The van der Waals surface area contributed by atoms with E-state index in [4.69, 9.17) is 18.8 Å². The van der Waals surface area contributed by atoms with Crippen LogP contribution in [0.3, 0.4) is 0 Å². The molecule has 0 atom stereocenters. The van der Waals surface area contributed by atoms with Gasteiger partial charge in [-0.2, -0.15) is 0 Å². The number of hydrogen-bond donors (Lipinski definition) is 0. The minimum absolute atomic E-state index is 0.564. The smallest absolute Gasteiger partial charge is 0.227 e. The van der Waals surface area contributed by atoms with Gasteiger partial charge < -0.3 is 8.83 Å². The number of fused-ring (bicyclic) bond motifs is 12. The summed E-state index contributed by atoms with van der Waals surface area (Å²) < 4.78 is 13.4. The van der Waals surface area contributed by atoms with Crippen molar-refractivity contribution in [2.45, 2.75) is 0 Å². The first-order valence-electron chi connectivity index (χ1n) is 15.9. The molecule has 0 saturated carbocycles. The maximum Gasteiger partial charge on any atom is 0.227 e. The number of halogens is 1. The van der Waals surface area contributed by atoms with Gasteiger partial charge in [-0.15, -0.1) is 0 Å². The summed E-state index contributed by atoms with van der Waals surface area (Å²) in [5, 5.41) is 9.08. The van der Waals surface area contributed by atoms with E-state index in [9.17, 15) is 4.79 Å². The highest BCUT2D eigenvalue weighted by atomic mass is 79.9. The molecule has 10 aromatic rings. The predicted octanol–water partition coefficient (Wildman–Crippen LogP) is 12.2. The van der Waals surface area contributed by atoms with E-state index in [1.165, 1.54) is 16.2 Å². The summed E-state index contributed by atoms with van der Waals surface area (Å²) in [5.74, 6) is 1.22. The Labute approximate surface area is 288 Å². The molecule has 0 fully saturated rings. The second-order valence-corrected chi connectivity index (χ2v) is 12.7. The van der Waals surface area contributed by atoms with Crippen LogP contribution in [0, 0.1) is 0 Å². The van der Waals surface area contributed by atoms with E-state index in [1.54, 1.807) is 12.1 Å². The zero-order chi connectivity index (χ0) is 32.9. The van der Waals surface area contributed by atoms with Crippen molar-refractivity contribution in [3.05, 3.63) is 156 Å². The molecule has 49 heavy (non-hydrogen) atoms. The fourth-order valence-corrected chi connectivity index (χ4v) is 6.86. The molecule has 0 N–H and O–H groups in total. The first kappa shape index (κ1) is 29.1. The van der Waals surface area contributed by atoms with Crippen LogP contribution < -0.4 is 0 Å². The van der Waals surface area contributed by atoms with Gasteiger partial charge in [0.1, 0.15) is 17.3 Å². The molecule has 0 spiro atoms. The number of nitrogens with zero attached hydrogens (tertiary/aromatic N) is 2. The largest absolute Gasteiger partial charge is 0.435 e. The minimum atomic E-state index is 0.564. The Bertz CT molecular complexity index is 2710. The van der Waals surface area contributed by atoms with Crippen LogP contribution in [0.15, 0.2) is 159 Å². The molecule has 10 rings (SSSR count). The van der Waals surface area contributed by atoms with Crippen molar-refractivity contribution < 1.29 is 13.6 Å². The summed E-state index contributed by atoms with van der Waals surface area (Å²) >= 11 is 3.47. The average molecular weight is 698 g/mol. The maximum absolute atomic E-state index is 10.8. The molecule has 0 aliphatic heterocycles. The van der Waals surface area contributed by atoms with Crippen LogP contribution >= 0.6 is 15.9 Å². The number of carbonyl (C=O) groups is 1. The van der Waals surface area contributed by atoms with Crippen LogP contribution in [0.4, 0.5) is 0 Å². The molecule has 0 unspecified atom stereocenters. The Morgan fingerprint density at radius 1 is 0.429 bits per heavy atom. The van der Waals surface area contributed by atoms with Crippen LogP contribution in [0.25, 0.3) is 88.2 Å². The van der Waals surface area contributed by atoms with Crippen LogP contribution in [0.1, 0.15) is 10.4 Å². The molecular formula is C43H25BrN2O3. The lowest BCUT2D eigenvalue weighted by Crippen LogP contribution is -1.81. The quantitative estimate of drug-likeness (QED) is 0.136. The van der Waals surface area contributed by atoms with E-state index in [-0.39, 0.29) is 0 Å². The predicted molar refractivity (Wildman–Crippen MR) is 202 cm³/mol. The number of hydrogen-bond acceptors (Lipinski definition) is 5. The van der Waals surface area contributed by atoms with E-state index in [2.05, 4.69) is 76.6 Å². The molecule has 5 nitrogen and oxygen atoms in total. The monoisotopic (exact) mass is 696 g/mol. The molecule has 8 aromatic carbocycles. The minimum Gasteiger partial charge on any atom is -0.435 e. The lowest BCUT2D eigenvalue weighted by Gasteiger charge is -2.04. The highest BCUT2D eigenvalue weighted by Gasteiger charge is 2.17. The third kappa shape index (κ3) is 4.96. The second kappa shape index (κ2) is 11.8. The first-order valence-corrected chi connectivity index (χ1v) is 16.7. The van der Waals surface area contributed by atoms with Crippen LogP contribution in [0.2, 0.25) is 0 Å². The van der Waals surface area contributed by atoms with Crippen molar-refractivity contribution in [2.75, 3.05) is 0 Å². The van der Waals surface area contributed by atoms with Crippen molar-refractivity contribution >= 4 is 87.5 Å². The molecule has 232 valence electrons.